The van der Waals surface area contributed by atoms with Crippen molar-refractivity contribution in [3.05, 3.63) is 65.2 Å². The second-order valence-corrected chi connectivity index (χ2v) is 9.42. The maximum Gasteiger partial charge on any atom is 0.334 e. The van der Waals surface area contributed by atoms with Crippen molar-refractivity contribution in [1.29, 1.82) is 0 Å². The van der Waals surface area contributed by atoms with Crippen LogP contribution in [0.5, 0.6) is 0 Å². The van der Waals surface area contributed by atoms with Gasteiger partial charge in [-0.2, -0.15) is 5.10 Å². The van der Waals surface area contributed by atoms with Gasteiger partial charge in [0.2, 0.25) is 5.91 Å². The molecule has 2 heterocycles. The number of carbonyl (C=O) groups excluding carboxylic acids is 1. The van der Waals surface area contributed by atoms with Crippen molar-refractivity contribution in [3.63, 3.8) is 0 Å². The molecule has 1 N–H and O–H groups in total. The number of aromatic nitrogens is 2. The lowest BCUT2D eigenvalue weighted by molar-refractivity contribution is -0.111. The molecule has 2 aromatic heterocycles. The maximum absolute atomic E-state index is 12.3. The smallest absolute Gasteiger partial charge is 0.323 e. The monoisotopic (exact) mass is 431 g/mol. The van der Waals surface area contributed by atoms with Gasteiger partial charge in [0.1, 0.15) is 0 Å². The molecular formula is C20H22N3O4PS. The molecule has 1 amide bonds. The van der Waals surface area contributed by atoms with Crippen LogP contribution in [0.25, 0.3) is 16.6 Å². The standard InChI is InChI=1S/C20H22N3O4PS/c1-23-20(18-5-4-12-29-18)16(13-21-23)8-11-19(24)22-17-9-6-15(7-10-17)14-28(25,26-2)27-3/h4-13H,14H2,1-3H3,(H,22,24). The van der Waals surface area contributed by atoms with E-state index in [4.69, 9.17) is 9.05 Å². The molecule has 9 heteroatoms. The number of carbonyl (C=O) groups is 1. The first-order chi connectivity index (χ1) is 13.9. The first-order valence-corrected chi connectivity index (χ1v) is 11.4. The van der Waals surface area contributed by atoms with Crippen molar-refractivity contribution in [2.24, 2.45) is 7.05 Å². The van der Waals surface area contributed by atoms with Gasteiger partial charge in [0.25, 0.3) is 0 Å². The van der Waals surface area contributed by atoms with Gasteiger partial charge in [0.15, 0.2) is 0 Å². The summed E-state index contributed by atoms with van der Waals surface area (Å²) in [4.78, 5) is 13.4. The number of aryl methyl sites for hydroxylation is 1. The molecule has 3 rings (SSSR count). The van der Waals surface area contributed by atoms with Crippen LogP contribution in [0.1, 0.15) is 11.1 Å². The van der Waals surface area contributed by atoms with Gasteiger partial charge in [-0.15, -0.1) is 11.3 Å². The number of benzene rings is 1. The Labute approximate surface area is 173 Å². The molecule has 0 spiro atoms. The predicted octanol–water partition coefficient (Wildman–Crippen LogP) is 4.79. The molecule has 7 nitrogen and oxygen atoms in total. The summed E-state index contributed by atoms with van der Waals surface area (Å²) in [6.07, 6.45) is 5.13. The molecule has 29 heavy (non-hydrogen) atoms. The van der Waals surface area contributed by atoms with Crippen molar-refractivity contribution in [2.45, 2.75) is 6.16 Å². The Kier molecular flexibility index (Phi) is 6.82. The van der Waals surface area contributed by atoms with E-state index in [-0.39, 0.29) is 12.1 Å². The number of rotatable bonds is 8. The van der Waals surface area contributed by atoms with E-state index in [9.17, 15) is 9.36 Å². The Bertz CT molecular complexity index is 1030. The highest BCUT2D eigenvalue weighted by Crippen LogP contribution is 2.49. The lowest BCUT2D eigenvalue weighted by Gasteiger charge is -2.13. The minimum absolute atomic E-state index is 0.167. The summed E-state index contributed by atoms with van der Waals surface area (Å²) in [6.45, 7) is 0. The second-order valence-electron chi connectivity index (χ2n) is 6.20. The third-order valence-corrected chi connectivity index (χ3v) is 7.03. The van der Waals surface area contributed by atoms with Crippen LogP contribution in [0, 0.1) is 0 Å². The number of amides is 1. The molecule has 0 fully saturated rings. The number of hydrogen-bond donors (Lipinski definition) is 1. The molecule has 0 unspecified atom stereocenters. The van der Waals surface area contributed by atoms with Crippen LogP contribution in [0.4, 0.5) is 5.69 Å². The van der Waals surface area contributed by atoms with Gasteiger partial charge in [-0.1, -0.05) is 18.2 Å². The summed E-state index contributed by atoms with van der Waals surface area (Å²) in [5.41, 5.74) is 3.27. The zero-order chi connectivity index (χ0) is 20.9. The van der Waals surface area contributed by atoms with E-state index >= 15 is 0 Å². The van der Waals surface area contributed by atoms with E-state index < -0.39 is 7.60 Å². The molecule has 0 aliphatic rings. The van der Waals surface area contributed by atoms with Crippen molar-refractivity contribution < 1.29 is 18.4 Å². The molecule has 0 atom stereocenters. The van der Waals surface area contributed by atoms with E-state index in [0.717, 1.165) is 21.7 Å². The van der Waals surface area contributed by atoms with Crippen LogP contribution in [0.15, 0.2) is 54.1 Å². The summed E-state index contributed by atoms with van der Waals surface area (Å²) in [5.74, 6) is -0.252. The van der Waals surface area contributed by atoms with Gasteiger partial charge in [-0.3, -0.25) is 14.0 Å². The lowest BCUT2D eigenvalue weighted by Crippen LogP contribution is -2.07. The molecule has 0 saturated heterocycles. The second kappa shape index (κ2) is 9.33. The maximum atomic E-state index is 12.3. The van der Waals surface area contributed by atoms with Gasteiger partial charge < -0.3 is 14.4 Å². The normalized spacial score (nSPS) is 11.8. The minimum atomic E-state index is -3.12. The van der Waals surface area contributed by atoms with Gasteiger partial charge in [-0.05, 0) is 35.2 Å². The predicted molar refractivity (Wildman–Crippen MR) is 116 cm³/mol. The van der Waals surface area contributed by atoms with Crippen molar-refractivity contribution >= 4 is 36.6 Å². The van der Waals surface area contributed by atoms with Crippen LogP contribution in [0.3, 0.4) is 0 Å². The first-order valence-electron chi connectivity index (χ1n) is 8.78. The Morgan fingerprint density at radius 2 is 1.97 bits per heavy atom. The van der Waals surface area contributed by atoms with Crippen LogP contribution >= 0.6 is 18.9 Å². The molecule has 1 aromatic carbocycles. The van der Waals surface area contributed by atoms with E-state index in [1.807, 2.05) is 24.6 Å². The van der Waals surface area contributed by atoms with E-state index in [2.05, 4.69) is 10.4 Å². The number of nitrogens with zero attached hydrogens (tertiary/aromatic N) is 2. The Hall–Kier alpha value is -2.51. The molecule has 152 valence electrons. The Balaban J connectivity index is 1.65. The molecule has 0 aliphatic heterocycles. The minimum Gasteiger partial charge on any atom is -0.323 e. The lowest BCUT2D eigenvalue weighted by atomic mass is 10.2. The van der Waals surface area contributed by atoms with Crippen LogP contribution < -0.4 is 5.32 Å². The van der Waals surface area contributed by atoms with Crippen molar-refractivity contribution in [2.75, 3.05) is 19.5 Å². The molecule has 0 aliphatic carbocycles. The molecule has 0 saturated carbocycles. The fourth-order valence-corrected chi connectivity index (χ4v) is 4.65. The largest absolute Gasteiger partial charge is 0.334 e. The van der Waals surface area contributed by atoms with Gasteiger partial charge in [0.05, 0.1) is 22.9 Å². The van der Waals surface area contributed by atoms with E-state index in [1.54, 1.807) is 52.6 Å². The highest BCUT2D eigenvalue weighted by molar-refractivity contribution is 7.52. The summed E-state index contributed by atoms with van der Waals surface area (Å²) < 4.78 is 23.9. The average Bonchev–Trinajstić information content (AvgIpc) is 3.37. The molecule has 0 bridgehead atoms. The fourth-order valence-electron chi connectivity index (χ4n) is 2.76. The topological polar surface area (TPSA) is 82.5 Å². The summed E-state index contributed by atoms with van der Waals surface area (Å²) >= 11 is 1.62. The van der Waals surface area contributed by atoms with Crippen molar-refractivity contribution in [3.8, 4) is 10.6 Å². The number of anilines is 1. The SMILES string of the molecule is COP(=O)(Cc1ccc(NC(=O)C=Cc2cnn(C)c2-c2cccs2)cc1)OC. The highest BCUT2D eigenvalue weighted by atomic mass is 32.1. The van der Waals surface area contributed by atoms with E-state index in [0.29, 0.717) is 5.69 Å². The summed E-state index contributed by atoms with van der Waals surface area (Å²) in [5, 5.41) is 9.10. The van der Waals surface area contributed by atoms with Gasteiger partial charge in [0, 0.05) is 38.6 Å². The third kappa shape index (κ3) is 5.31. The fraction of sp³-hybridized carbons (Fsp3) is 0.200. The number of hydrogen-bond acceptors (Lipinski definition) is 6. The zero-order valence-electron chi connectivity index (χ0n) is 16.4. The van der Waals surface area contributed by atoms with Crippen LogP contribution in [-0.4, -0.2) is 29.9 Å². The van der Waals surface area contributed by atoms with E-state index in [1.165, 1.54) is 20.3 Å². The molecule has 0 radical (unpaired) electrons. The zero-order valence-corrected chi connectivity index (χ0v) is 18.1. The average molecular weight is 431 g/mol. The Morgan fingerprint density at radius 1 is 1.24 bits per heavy atom. The number of thiophene rings is 1. The quantitative estimate of drug-likeness (QED) is 0.410. The molecule has 3 aromatic rings. The Morgan fingerprint density at radius 3 is 2.59 bits per heavy atom. The number of nitrogens with one attached hydrogen (secondary N) is 1. The summed E-state index contributed by atoms with van der Waals surface area (Å²) in [7, 11) is 1.47. The highest BCUT2D eigenvalue weighted by Gasteiger charge is 2.21. The van der Waals surface area contributed by atoms with Crippen LogP contribution in [0.2, 0.25) is 0 Å². The summed E-state index contributed by atoms with van der Waals surface area (Å²) in [6, 6.07) is 11.1. The molecular weight excluding hydrogens is 409 g/mol. The van der Waals surface area contributed by atoms with Crippen LogP contribution in [-0.2, 0) is 31.6 Å². The first kappa shape index (κ1) is 21.2. The van der Waals surface area contributed by atoms with Gasteiger partial charge >= 0.3 is 7.60 Å². The third-order valence-electron chi connectivity index (χ3n) is 4.29. The van der Waals surface area contributed by atoms with Crippen molar-refractivity contribution in [1.82, 2.24) is 9.78 Å². The van der Waals surface area contributed by atoms with Gasteiger partial charge in [-0.25, -0.2) is 0 Å².